The van der Waals surface area contributed by atoms with Crippen molar-refractivity contribution in [3.8, 4) is 6.07 Å². The number of nitrogens with zero attached hydrogens (tertiary/aromatic N) is 1. The molecule has 0 spiro atoms. The first-order chi connectivity index (χ1) is 4.34. The van der Waals surface area contributed by atoms with Gasteiger partial charge in [-0.15, -0.1) is 0 Å². The molecule has 2 heteroatoms. The zero-order valence-electron chi connectivity index (χ0n) is 5.72. The Labute approximate surface area is 55.9 Å². The molecular formula is C7H12N2. The number of nitrogens with one attached hydrogen (secondary N) is 1. The molecule has 2 nitrogen and oxygen atoms in total. The van der Waals surface area contributed by atoms with Crippen LogP contribution in [0.25, 0.3) is 0 Å². The van der Waals surface area contributed by atoms with E-state index in [4.69, 9.17) is 5.26 Å². The van der Waals surface area contributed by atoms with Crippen molar-refractivity contribution in [3.63, 3.8) is 0 Å². The summed E-state index contributed by atoms with van der Waals surface area (Å²) in [5, 5.41) is 11.5. The highest BCUT2D eigenvalue weighted by atomic mass is 15.0. The standard InChI is InChI=1S/C7H12N2/c1-6-5-7(6)9-4-2-3-8/h6-7,9H,2,4-5H2,1H3. The molecule has 1 aliphatic carbocycles. The van der Waals surface area contributed by atoms with Gasteiger partial charge in [0.05, 0.1) is 6.07 Å². The van der Waals surface area contributed by atoms with Crippen LogP contribution in [-0.4, -0.2) is 12.6 Å². The van der Waals surface area contributed by atoms with Crippen LogP contribution in [0, 0.1) is 17.2 Å². The van der Waals surface area contributed by atoms with E-state index >= 15 is 0 Å². The summed E-state index contributed by atoms with van der Waals surface area (Å²) in [6, 6.07) is 2.82. The molecule has 1 aliphatic rings. The minimum atomic E-state index is 0.642. The molecule has 1 rings (SSSR count). The summed E-state index contributed by atoms with van der Waals surface area (Å²) in [6.07, 6.45) is 1.94. The Balaban J connectivity index is 1.90. The summed E-state index contributed by atoms with van der Waals surface area (Å²) in [6.45, 7) is 3.09. The van der Waals surface area contributed by atoms with Crippen LogP contribution < -0.4 is 5.32 Å². The molecule has 1 fully saturated rings. The van der Waals surface area contributed by atoms with E-state index in [0.717, 1.165) is 18.5 Å². The van der Waals surface area contributed by atoms with Gasteiger partial charge in [0.25, 0.3) is 0 Å². The van der Waals surface area contributed by atoms with E-state index in [1.165, 1.54) is 6.42 Å². The first-order valence-corrected chi connectivity index (χ1v) is 3.45. The molecule has 0 radical (unpaired) electrons. The fourth-order valence-electron chi connectivity index (χ4n) is 0.920. The molecule has 1 saturated carbocycles. The molecule has 0 bridgehead atoms. The maximum absolute atomic E-state index is 8.18. The van der Waals surface area contributed by atoms with E-state index < -0.39 is 0 Å². The second-order valence-corrected chi connectivity index (χ2v) is 2.68. The minimum Gasteiger partial charge on any atom is -0.313 e. The number of rotatable bonds is 3. The van der Waals surface area contributed by atoms with Gasteiger partial charge in [-0.3, -0.25) is 0 Å². The Hall–Kier alpha value is -0.550. The Morgan fingerprint density at radius 2 is 2.44 bits per heavy atom. The Morgan fingerprint density at radius 3 is 2.89 bits per heavy atom. The second-order valence-electron chi connectivity index (χ2n) is 2.68. The van der Waals surface area contributed by atoms with Crippen molar-refractivity contribution in [2.75, 3.05) is 6.54 Å². The molecular weight excluding hydrogens is 112 g/mol. The first kappa shape index (κ1) is 6.57. The molecule has 0 saturated heterocycles. The molecule has 2 unspecified atom stereocenters. The van der Waals surface area contributed by atoms with Gasteiger partial charge >= 0.3 is 0 Å². The number of nitriles is 1. The Kier molecular flexibility index (Phi) is 2.07. The van der Waals surface area contributed by atoms with Crippen molar-refractivity contribution in [3.05, 3.63) is 0 Å². The minimum absolute atomic E-state index is 0.642. The monoisotopic (exact) mass is 124 g/mol. The van der Waals surface area contributed by atoms with E-state index in [1.807, 2.05) is 0 Å². The molecule has 0 aliphatic heterocycles. The predicted octanol–water partition coefficient (Wildman–Crippen LogP) is 0.898. The highest BCUT2D eigenvalue weighted by Crippen LogP contribution is 2.28. The topological polar surface area (TPSA) is 35.8 Å². The lowest BCUT2D eigenvalue weighted by Gasteiger charge is -1.95. The molecule has 0 heterocycles. The van der Waals surface area contributed by atoms with Gasteiger partial charge in [-0.25, -0.2) is 0 Å². The normalized spacial score (nSPS) is 31.6. The average Bonchev–Trinajstić information content (AvgIpc) is 2.48. The van der Waals surface area contributed by atoms with Crippen molar-refractivity contribution in [1.82, 2.24) is 5.32 Å². The van der Waals surface area contributed by atoms with Crippen LogP contribution in [0.1, 0.15) is 19.8 Å². The molecule has 0 amide bonds. The molecule has 1 N–H and O–H groups in total. The largest absolute Gasteiger partial charge is 0.313 e. The molecule has 0 aromatic heterocycles. The van der Waals surface area contributed by atoms with Gasteiger partial charge in [-0.05, 0) is 12.3 Å². The highest BCUT2D eigenvalue weighted by Gasteiger charge is 2.31. The predicted molar refractivity (Wildman–Crippen MR) is 35.8 cm³/mol. The van der Waals surface area contributed by atoms with E-state index in [9.17, 15) is 0 Å². The fraction of sp³-hybridized carbons (Fsp3) is 0.857. The first-order valence-electron chi connectivity index (χ1n) is 3.45. The third-order valence-electron chi connectivity index (χ3n) is 1.75. The number of hydrogen-bond acceptors (Lipinski definition) is 2. The van der Waals surface area contributed by atoms with Crippen molar-refractivity contribution in [2.45, 2.75) is 25.8 Å². The maximum atomic E-state index is 8.18. The van der Waals surface area contributed by atoms with Gasteiger partial charge in [0.15, 0.2) is 0 Å². The van der Waals surface area contributed by atoms with Gasteiger partial charge in [0.1, 0.15) is 0 Å². The molecule has 2 atom stereocenters. The van der Waals surface area contributed by atoms with Crippen molar-refractivity contribution >= 4 is 0 Å². The lowest BCUT2D eigenvalue weighted by atomic mass is 10.4. The Morgan fingerprint density at radius 1 is 1.78 bits per heavy atom. The number of hydrogen-bond donors (Lipinski definition) is 1. The third-order valence-corrected chi connectivity index (χ3v) is 1.75. The summed E-state index contributed by atoms with van der Waals surface area (Å²) >= 11 is 0. The van der Waals surface area contributed by atoms with Crippen molar-refractivity contribution in [2.24, 2.45) is 5.92 Å². The second kappa shape index (κ2) is 2.84. The van der Waals surface area contributed by atoms with Crippen LogP contribution in [-0.2, 0) is 0 Å². The zero-order chi connectivity index (χ0) is 6.69. The van der Waals surface area contributed by atoms with Gasteiger partial charge < -0.3 is 5.32 Å². The smallest absolute Gasteiger partial charge is 0.0635 e. The summed E-state index contributed by atoms with van der Waals surface area (Å²) in [5.41, 5.74) is 0. The average molecular weight is 124 g/mol. The maximum Gasteiger partial charge on any atom is 0.0635 e. The summed E-state index contributed by atoms with van der Waals surface area (Å²) in [5.74, 6) is 0.851. The van der Waals surface area contributed by atoms with E-state index in [0.29, 0.717) is 6.42 Å². The lowest BCUT2D eigenvalue weighted by molar-refractivity contribution is 0.659. The van der Waals surface area contributed by atoms with E-state index in [2.05, 4.69) is 18.3 Å². The van der Waals surface area contributed by atoms with E-state index in [-0.39, 0.29) is 0 Å². The van der Waals surface area contributed by atoms with E-state index in [1.54, 1.807) is 0 Å². The van der Waals surface area contributed by atoms with Crippen LogP contribution in [0.15, 0.2) is 0 Å². The van der Waals surface area contributed by atoms with Crippen LogP contribution >= 0.6 is 0 Å². The van der Waals surface area contributed by atoms with Crippen molar-refractivity contribution in [1.29, 1.82) is 5.26 Å². The van der Waals surface area contributed by atoms with Gasteiger partial charge in [-0.2, -0.15) is 5.26 Å². The lowest BCUT2D eigenvalue weighted by Crippen LogP contribution is -2.18. The SMILES string of the molecule is CC1CC1NCCC#N. The third kappa shape index (κ3) is 2.03. The molecule has 0 aromatic carbocycles. The highest BCUT2D eigenvalue weighted by molar-refractivity contribution is 4.90. The van der Waals surface area contributed by atoms with Gasteiger partial charge in [0.2, 0.25) is 0 Å². The van der Waals surface area contributed by atoms with Crippen LogP contribution in [0.2, 0.25) is 0 Å². The summed E-state index contributed by atoms with van der Waals surface area (Å²) in [7, 11) is 0. The van der Waals surface area contributed by atoms with Gasteiger partial charge in [0, 0.05) is 19.0 Å². The van der Waals surface area contributed by atoms with Gasteiger partial charge in [-0.1, -0.05) is 6.92 Å². The molecule has 0 aromatic rings. The fourth-order valence-corrected chi connectivity index (χ4v) is 0.920. The summed E-state index contributed by atoms with van der Waals surface area (Å²) < 4.78 is 0. The zero-order valence-corrected chi connectivity index (χ0v) is 5.72. The van der Waals surface area contributed by atoms with Crippen molar-refractivity contribution < 1.29 is 0 Å². The quantitative estimate of drug-likeness (QED) is 0.567. The molecule has 50 valence electrons. The van der Waals surface area contributed by atoms with Crippen LogP contribution in [0.5, 0.6) is 0 Å². The van der Waals surface area contributed by atoms with Crippen LogP contribution in [0.4, 0.5) is 0 Å². The van der Waals surface area contributed by atoms with Crippen LogP contribution in [0.3, 0.4) is 0 Å². The molecule has 9 heavy (non-hydrogen) atoms. The summed E-state index contributed by atoms with van der Waals surface area (Å²) in [4.78, 5) is 0. The Bertz CT molecular complexity index is 125.